The van der Waals surface area contributed by atoms with Gasteiger partial charge in [-0.15, -0.1) is 0 Å². The summed E-state index contributed by atoms with van der Waals surface area (Å²) >= 11 is 13.0. The van der Waals surface area contributed by atoms with Crippen molar-refractivity contribution in [2.24, 2.45) is 0 Å². The van der Waals surface area contributed by atoms with Crippen LogP contribution in [0.1, 0.15) is 23.2 Å². The third-order valence-electron chi connectivity index (χ3n) is 8.15. The number of halogens is 3. The van der Waals surface area contributed by atoms with Crippen molar-refractivity contribution in [3.8, 4) is 23.1 Å². The van der Waals surface area contributed by atoms with Crippen LogP contribution in [0.3, 0.4) is 0 Å². The van der Waals surface area contributed by atoms with Gasteiger partial charge < -0.3 is 25.0 Å². The number of nitriles is 1. The van der Waals surface area contributed by atoms with Gasteiger partial charge in [0.25, 0.3) is 5.91 Å². The van der Waals surface area contributed by atoms with E-state index >= 15 is 0 Å². The lowest BCUT2D eigenvalue weighted by Crippen LogP contribution is -2.57. The minimum absolute atomic E-state index is 0.00336. The molecule has 4 aromatic rings. The second kappa shape index (κ2) is 13.6. The van der Waals surface area contributed by atoms with Gasteiger partial charge in [0.2, 0.25) is 0 Å². The average Bonchev–Trinajstić information content (AvgIpc) is 3.74. The number of fused-ring (bicyclic) bond motifs is 1. The monoisotopic (exact) mass is 652 g/mol. The molecular formula is C31H31Cl2FN8O3. The summed E-state index contributed by atoms with van der Waals surface area (Å²) < 4.78 is 27.5. The molecule has 2 aromatic heterocycles. The van der Waals surface area contributed by atoms with E-state index in [0.29, 0.717) is 58.1 Å². The largest absolute Gasteiger partial charge is 0.476 e. The fourth-order valence-corrected chi connectivity index (χ4v) is 6.45. The summed E-state index contributed by atoms with van der Waals surface area (Å²) in [4.78, 5) is 26.4. The van der Waals surface area contributed by atoms with E-state index in [9.17, 15) is 9.18 Å². The summed E-state index contributed by atoms with van der Waals surface area (Å²) in [7, 11) is 1.74. The Kier molecular flexibility index (Phi) is 9.34. The van der Waals surface area contributed by atoms with E-state index in [1.165, 1.54) is 6.07 Å². The number of hydrogen-bond donors (Lipinski definition) is 2. The minimum Gasteiger partial charge on any atom is -0.476 e. The molecule has 14 heteroatoms. The van der Waals surface area contributed by atoms with Crippen molar-refractivity contribution < 1.29 is 18.7 Å². The molecule has 0 spiro atoms. The minimum atomic E-state index is -0.765. The topological polar surface area (TPSA) is 120 Å². The molecule has 2 saturated heterocycles. The number of anilines is 2. The van der Waals surface area contributed by atoms with Crippen LogP contribution in [0.2, 0.25) is 10.0 Å². The van der Waals surface area contributed by atoms with Crippen molar-refractivity contribution in [2.45, 2.75) is 25.1 Å². The Morgan fingerprint density at radius 3 is 2.76 bits per heavy atom. The lowest BCUT2D eigenvalue weighted by molar-refractivity contribution is -0.0677. The van der Waals surface area contributed by atoms with Gasteiger partial charge in [0.15, 0.2) is 29.6 Å². The lowest BCUT2D eigenvalue weighted by Gasteiger charge is -2.40. The van der Waals surface area contributed by atoms with Crippen LogP contribution in [0.25, 0.3) is 16.9 Å². The molecule has 0 saturated carbocycles. The molecule has 0 bridgehead atoms. The Hall–Kier alpha value is -3.99. The third kappa shape index (κ3) is 6.27. The van der Waals surface area contributed by atoms with Gasteiger partial charge in [-0.3, -0.25) is 14.1 Å². The fourth-order valence-electron chi connectivity index (χ4n) is 5.93. The quantitative estimate of drug-likeness (QED) is 0.258. The zero-order valence-corrected chi connectivity index (χ0v) is 26.0. The van der Waals surface area contributed by atoms with Gasteiger partial charge >= 0.3 is 0 Å². The van der Waals surface area contributed by atoms with E-state index in [-0.39, 0.29) is 29.5 Å². The van der Waals surface area contributed by atoms with Crippen molar-refractivity contribution in [3.05, 3.63) is 70.3 Å². The number of nitrogens with one attached hydrogen (secondary N) is 2. The van der Waals surface area contributed by atoms with E-state index in [0.717, 1.165) is 32.5 Å². The van der Waals surface area contributed by atoms with Crippen LogP contribution in [0.5, 0.6) is 5.75 Å². The second-order valence-electron chi connectivity index (χ2n) is 10.8. The number of carbonyl (C=O) groups is 1. The summed E-state index contributed by atoms with van der Waals surface area (Å²) in [6.07, 6.45) is 7.05. The molecule has 2 aliphatic heterocycles. The Morgan fingerprint density at radius 1 is 1.22 bits per heavy atom. The zero-order valence-electron chi connectivity index (χ0n) is 24.5. The fraction of sp³-hybridized carbons (Fsp3) is 0.355. The van der Waals surface area contributed by atoms with Crippen LogP contribution in [-0.4, -0.2) is 88.8 Å². The normalized spacial score (nSPS) is 17.8. The van der Waals surface area contributed by atoms with Crippen LogP contribution in [0, 0.1) is 17.1 Å². The summed E-state index contributed by atoms with van der Waals surface area (Å²) in [5.74, 6) is -0.574. The van der Waals surface area contributed by atoms with Crippen LogP contribution < -0.4 is 15.4 Å². The maximum atomic E-state index is 14.8. The number of benzene rings is 2. The molecule has 6 rings (SSSR count). The van der Waals surface area contributed by atoms with Gasteiger partial charge in [-0.2, -0.15) is 5.26 Å². The highest BCUT2D eigenvalue weighted by molar-refractivity contribution is 6.34. The van der Waals surface area contributed by atoms with Gasteiger partial charge in [-0.05, 0) is 49.7 Å². The van der Waals surface area contributed by atoms with E-state index in [1.807, 2.05) is 4.90 Å². The summed E-state index contributed by atoms with van der Waals surface area (Å²) in [6, 6.07) is 10.3. The first-order valence-electron chi connectivity index (χ1n) is 14.6. The van der Waals surface area contributed by atoms with E-state index in [1.54, 1.807) is 60.4 Å². The molecule has 2 aliphatic rings. The summed E-state index contributed by atoms with van der Waals surface area (Å²) in [5, 5.41) is 15.6. The first kappa shape index (κ1) is 31.0. The van der Waals surface area contributed by atoms with Crippen molar-refractivity contribution in [2.75, 3.05) is 51.8 Å². The van der Waals surface area contributed by atoms with E-state index < -0.39 is 5.82 Å². The Bertz CT molecular complexity index is 1750. The summed E-state index contributed by atoms with van der Waals surface area (Å²) in [6.45, 7) is 3.32. The highest BCUT2D eigenvalue weighted by Gasteiger charge is 2.33. The molecule has 234 valence electrons. The van der Waals surface area contributed by atoms with Crippen LogP contribution in [0.15, 0.2) is 48.9 Å². The molecular weight excluding hydrogens is 622 g/mol. The van der Waals surface area contributed by atoms with Gasteiger partial charge in [0.05, 0.1) is 27.5 Å². The highest BCUT2D eigenvalue weighted by atomic mass is 35.5. The van der Waals surface area contributed by atoms with Crippen molar-refractivity contribution in [1.82, 2.24) is 29.5 Å². The van der Waals surface area contributed by atoms with Crippen LogP contribution in [-0.2, 0) is 4.74 Å². The van der Waals surface area contributed by atoms with Gasteiger partial charge in [0.1, 0.15) is 12.3 Å². The predicted octanol–water partition coefficient (Wildman–Crippen LogP) is 4.97. The molecule has 11 nitrogen and oxygen atoms in total. The number of methoxy groups -OCH3 is 1. The van der Waals surface area contributed by atoms with Crippen LogP contribution >= 0.6 is 23.2 Å². The van der Waals surface area contributed by atoms with E-state index in [4.69, 9.17) is 37.9 Å². The molecule has 0 radical (unpaired) electrons. The van der Waals surface area contributed by atoms with Crippen molar-refractivity contribution >= 4 is 46.3 Å². The number of carbonyl (C=O) groups excluding carboxylic acids is 1. The van der Waals surface area contributed by atoms with Gasteiger partial charge in [-0.1, -0.05) is 23.2 Å². The zero-order chi connectivity index (χ0) is 31.5. The molecule has 0 aliphatic carbocycles. The molecule has 2 aromatic carbocycles. The maximum Gasteiger partial charge on any atom is 0.255 e. The molecule has 2 N–H and O–H groups in total. The van der Waals surface area contributed by atoms with Crippen molar-refractivity contribution in [1.29, 1.82) is 5.26 Å². The summed E-state index contributed by atoms with van der Waals surface area (Å²) in [5.41, 5.74) is 2.42. The third-order valence-corrected chi connectivity index (χ3v) is 8.83. The first-order valence-corrected chi connectivity index (χ1v) is 15.3. The number of rotatable bonds is 9. The number of nitrogens with zero attached hydrogens (tertiary/aromatic N) is 6. The Balaban J connectivity index is 1.15. The first-order chi connectivity index (χ1) is 21.9. The Labute approximate surface area is 269 Å². The lowest BCUT2D eigenvalue weighted by atomic mass is 10.1. The molecule has 2 atom stereocenters. The number of amides is 1. The standard InChI is InChI=1S/C31H31Cl2FN8O3/c1-44-31(23-3-2-9-36-23)41-14-12-40(13-15-41)30(43)20-5-4-19(17-22(20)32)39-28-29-38-18-24(42(29)11-10-37-28)21-6-7-25(45-16-8-35)27(34)26(21)33/h4-7,10-11,17-18,23,31,36H,2-3,9,12-16H2,1H3,(H,37,39)/t23-,31?/m0/s1. The van der Waals surface area contributed by atoms with Gasteiger partial charge in [-0.25, -0.2) is 14.4 Å². The number of aromatic nitrogens is 3. The number of piperazine rings is 1. The number of imidazole rings is 1. The smallest absolute Gasteiger partial charge is 0.255 e. The SMILES string of the molecule is COC([C@@H]1CCCN1)N1CCN(C(=O)c2ccc(Nc3nccn4c(-c5ccc(OCC#N)c(F)c5Cl)cnc34)cc2Cl)CC1. The van der Waals surface area contributed by atoms with Crippen LogP contribution in [0.4, 0.5) is 15.9 Å². The molecule has 1 unspecified atom stereocenters. The van der Waals surface area contributed by atoms with E-state index in [2.05, 4.69) is 25.5 Å². The number of ether oxygens (including phenoxy) is 2. The second-order valence-corrected chi connectivity index (χ2v) is 11.6. The highest BCUT2D eigenvalue weighted by Crippen LogP contribution is 2.36. The average molecular weight is 654 g/mol. The molecule has 45 heavy (non-hydrogen) atoms. The van der Waals surface area contributed by atoms with Gasteiger partial charge in [0, 0.05) is 63.0 Å². The molecule has 2 fully saturated rings. The molecule has 4 heterocycles. The predicted molar refractivity (Wildman–Crippen MR) is 169 cm³/mol. The Morgan fingerprint density at radius 2 is 2.04 bits per heavy atom. The van der Waals surface area contributed by atoms with Crippen molar-refractivity contribution in [3.63, 3.8) is 0 Å². The maximum absolute atomic E-state index is 14.8. The molecule has 1 amide bonds. The number of hydrogen-bond acceptors (Lipinski definition) is 9.